The molecule has 71 heavy (non-hydrogen) atoms. The fourth-order valence-electron chi connectivity index (χ4n) is 9.02. The van der Waals surface area contributed by atoms with E-state index in [-0.39, 0.29) is 44.0 Å². The van der Waals surface area contributed by atoms with Gasteiger partial charge in [-0.05, 0) is 76.7 Å². The van der Waals surface area contributed by atoms with E-state index in [4.69, 9.17) is 28.4 Å². The predicted octanol–water partition coefficient (Wildman–Crippen LogP) is 9.25. The second-order valence-electron chi connectivity index (χ2n) is 21.6. The number of azide groups is 1. The lowest BCUT2D eigenvalue weighted by atomic mass is 9.76. The van der Waals surface area contributed by atoms with E-state index in [1.165, 1.54) is 4.90 Å². The van der Waals surface area contributed by atoms with Gasteiger partial charge in [0, 0.05) is 45.8 Å². The minimum absolute atomic E-state index is 0.0124. The van der Waals surface area contributed by atoms with E-state index in [1.807, 2.05) is 121 Å². The highest BCUT2D eigenvalue weighted by Crippen LogP contribution is 2.54. The van der Waals surface area contributed by atoms with Gasteiger partial charge in [0.1, 0.15) is 17.9 Å². The summed E-state index contributed by atoms with van der Waals surface area (Å²) < 4.78 is 30.6. The van der Waals surface area contributed by atoms with Crippen molar-refractivity contribution < 1.29 is 38.1 Å². The molecule has 18 heteroatoms. The van der Waals surface area contributed by atoms with Gasteiger partial charge >= 0.3 is 12.2 Å². The Morgan fingerprint density at radius 2 is 1.30 bits per heavy atom. The molecule has 380 valence electrons. The molecule has 2 aliphatic rings. The first kappa shape index (κ1) is 54.5. The molecule has 1 fully saturated rings. The van der Waals surface area contributed by atoms with Gasteiger partial charge in [-0.1, -0.05) is 147 Å². The Hall–Kier alpha value is -5.80. The molecule has 1 heterocycles. The largest absolute Gasteiger partial charge is 0.444 e. The summed E-state index contributed by atoms with van der Waals surface area (Å²) in [6.45, 7) is 20.0. The van der Waals surface area contributed by atoms with Gasteiger partial charge in [-0.3, -0.25) is 9.69 Å². The highest BCUT2D eigenvalue weighted by Gasteiger charge is 2.70. The second-order valence-corrected chi connectivity index (χ2v) is 29.4. The van der Waals surface area contributed by atoms with Crippen molar-refractivity contribution in [2.24, 2.45) is 32.6 Å². The number of hydrogen-bond donors (Lipinski definition) is 3. The van der Waals surface area contributed by atoms with Crippen LogP contribution in [0.3, 0.4) is 0 Å². The molecule has 1 aliphatic heterocycles. The van der Waals surface area contributed by atoms with Crippen molar-refractivity contribution in [1.82, 2.24) is 15.5 Å². The number of rotatable bonds is 16. The molecule has 1 saturated carbocycles. The number of ether oxygens (including phenoxy) is 3. The molecule has 4 aromatic rings. The Morgan fingerprint density at radius 3 is 1.77 bits per heavy atom. The van der Waals surface area contributed by atoms with E-state index in [2.05, 4.69) is 54.5 Å². The molecule has 0 radical (unpaired) electrons. The highest BCUT2D eigenvalue weighted by atomic mass is 31.2. The average Bonchev–Trinajstić information content (AvgIpc) is 3.71. The van der Waals surface area contributed by atoms with E-state index in [9.17, 15) is 20.2 Å². The zero-order valence-electron chi connectivity index (χ0n) is 42.9. The lowest BCUT2D eigenvalue weighted by molar-refractivity contribution is -0.141. The first-order valence-electron chi connectivity index (χ1n) is 24.1. The van der Waals surface area contributed by atoms with Gasteiger partial charge in [-0.25, -0.2) is 19.3 Å². The summed E-state index contributed by atoms with van der Waals surface area (Å²) in [7, 11) is -5.77. The normalized spacial score (nSPS) is 21.0. The van der Waals surface area contributed by atoms with Crippen LogP contribution in [-0.4, -0.2) is 97.7 Å². The van der Waals surface area contributed by atoms with Crippen LogP contribution in [0.1, 0.15) is 67.9 Å². The monoisotopic (exact) mass is 1010 g/mol. The van der Waals surface area contributed by atoms with Crippen LogP contribution in [0.4, 0.5) is 9.59 Å². The molecule has 1 aliphatic carbocycles. The number of aliphatic hydroxyl groups excluding tert-OH is 1. The number of nitrogens with zero attached hydrogens (tertiary/aromatic N) is 6. The van der Waals surface area contributed by atoms with Crippen LogP contribution in [0.25, 0.3) is 10.4 Å². The van der Waals surface area contributed by atoms with Gasteiger partial charge in [0.25, 0.3) is 5.91 Å². The maximum Gasteiger partial charge on any atom is 0.407 e. The summed E-state index contributed by atoms with van der Waals surface area (Å²) in [5.74, 6) is -3.77. The van der Waals surface area contributed by atoms with Gasteiger partial charge in [-0.2, -0.15) is 0 Å². The van der Waals surface area contributed by atoms with Crippen molar-refractivity contribution in [2.45, 2.75) is 116 Å². The van der Waals surface area contributed by atoms with Gasteiger partial charge in [-0.15, -0.1) is 0 Å². The number of carbonyl (C=O) groups excluding carboxylic acids is 3. The standard InChI is InChI=1S/C53H71N8O8PSi/c1-50(2,3)68-48(64)55-32-42-41(33-56-60-54)44(43(57-49(65)69-51(4,5)6)35-67-71(10,11)52(7,8)9)53(45(42)62)46(63)61(36-66-34-37-24-16-12-17-25-37)47(58-53)59-70(38-26-18-13-19-27-38,39-28-20-14-21-29-39)40-30-22-15-23-31-40/h12-31,41-45,62H,32-36H2,1-11H3,(H,55,64)(H,57,65). The molecule has 16 nitrogen and oxygen atoms in total. The summed E-state index contributed by atoms with van der Waals surface area (Å²) in [4.78, 5) is 53.8. The SMILES string of the molecule is CC(C)(C)OC(=O)NCC1C(CN=[N+]=[N-])C(C(CO[Si](C)(C)C(C)(C)C)NC(=O)OC(C)(C)C)C2(N=C(N=P(c3ccccc3)(c3ccccc3)c3ccccc3)N(COCc3ccccc3)C2=O)C1O. The molecule has 6 unspecified atom stereocenters. The number of amides is 3. The minimum atomic E-state index is -3.16. The third-order valence-electron chi connectivity index (χ3n) is 13.3. The van der Waals surface area contributed by atoms with Crippen LogP contribution in [0.5, 0.6) is 0 Å². The topological polar surface area (TPSA) is 209 Å². The number of guanidine groups is 1. The van der Waals surface area contributed by atoms with Gasteiger partial charge in [0.2, 0.25) is 5.96 Å². The molecule has 1 spiro atoms. The quantitative estimate of drug-likeness (QED) is 0.0323. The van der Waals surface area contributed by atoms with Crippen molar-refractivity contribution in [2.75, 3.05) is 26.4 Å². The maximum atomic E-state index is 16.3. The number of hydrogen-bond acceptors (Lipinski definition) is 11. The first-order chi connectivity index (χ1) is 33.4. The van der Waals surface area contributed by atoms with Crippen LogP contribution >= 0.6 is 7.05 Å². The summed E-state index contributed by atoms with van der Waals surface area (Å²) >= 11 is 0. The second kappa shape index (κ2) is 22.3. The Labute approximate surface area is 419 Å². The van der Waals surface area contributed by atoms with Crippen molar-refractivity contribution in [3.8, 4) is 0 Å². The van der Waals surface area contributed by atoms with E-state index in [1.54, 1.807) is 41.5 Å². The van der Waals surface area contributed by atoms with Gasteiger partial charge in [0.05, 0.1) is 32.4 Å². The number of nitrogens with one attached hydrogen (secondary N) is 2. The smallest absolute Gasteiger partial charge is 0.407 e. The van der Waals surface area contributed by atoms with Crippen LogP contribution in [0.15, 0.2) is 136 Å². The minimum Gasteiger partial charge on any atom is -0.444 e. The Kier molecular flexibility index (Phi) is 17.1. The zero-order valence-corrected chi connectivity index (χ0v) is 44.8. The molecule has 0 saturated heterocycles. The fraction of sp³-hybridized carbons (Fsp3) is 0.472. The van der Waals surface area contributed by atoms with Crippen LogP contribution in [-0.2, 0) is 30.0 Å². The van der Waals surface area contributed by atoms with Crippen molar-refractivity contribution in [3.05, 3.63) is 137 Å². The van der Waals surface area contributed by atoms with Crippen LogP contribution < -0.4 is 26.5 Å². The maximum absolute atomic E-state index is 16.3. The lowest BCUT2D eigenvalue weighted by Gasteiger charge is -2.41. The Bertz CT molecular complexity index is 2500. The molecule has 3 amide bonds. The predicted molar refractivity (Wildman–Crippen MR) is 282 cm³/mol. The third-order valence-corrected chi connectivity index (χ3v) is 21.4. The van der Waals surface area contributed by atoms with E-state index in [0.29, 0.717) is 0 Å². The van der Waals surface area contributed by atoms with Crippen molar-refractivity contribution >= 4 is 55.3 Å². The lowest BCUT2D eigenvalue weighted by Crippen LogP contribution is -2.60. The number of carbonyl (C=O) groups is 3. The molecular weight excluding hydrogens is 936 g/mol. The highest BCUT2D eigenvalue weighted by molar-refractivity contribution is 7.87. The first-order valence-corrected chi connectivity index (χ1v) is 28.7. The third kappa shape index (κ3) is 12.6. The van der Waals surface area contributed by atoms with Crippen molar-refractivity contribution in [3.63, 3.8) is 0 Å². The van der Waals surface area contributed by atoms with E-state index >= 15 is 4.79 Å². The van der Waals surface area contributed by atoms with Crippen molar-refractivity contribution in [1.29, 1.82) is 0 Å². The molecule has 6 atom stereocenters. The molecule has 0 bridgehead atoms. The van der Waals surface area contributed by atoms with Gasteiger partial charge in [0.15, 0.2) is 13.9 Å². The van der Waals surface area contributed by atoms with Gasteiger partial charge < -0.3 is 34.4 Å². The summed E-state index contributed by atoms with van der Waals surface area (Å²) in [5.41, 5.74) is 6.85. The molecule has 4 aromatic carbocycles. The molecule has 3 N–H and O–H groups in total. The zero-order chi connectivity index (χ0) is 51.8. The molecule has 0 aromatic heterocycles. The fourth-order valence-corrected chi connectivity index (χ4v) is 13.5. The Balaban J connectivity index is 1.69. The van der Waals surface area contributed by atoms with E-state index < -0.39 is 80.1 Å². The number of alkyl carbamates (subject to hydrolysis) is 2. The molecule has 6 rings (SSSR count). The van der Waals surface area contributed by atoms with Crippen LogP contribution in [0, 0.1) is 17.8 Å². The van der Waals surface area contributed by atoms with Crippen LogP contribution in [0.2, 0.25) is 18.1 Å². The number of benzene rings is 4. The molecular formula is C53H71N8O8PSi. The number of aliphatic hydroxyl groups is 1. The Morgan fingerprint density at radius 1 is 0.803 bits per heavy atom. The van der Waals surface area contributed by atoms with E-state index in [0.717, 1.165) is 21.5 Å². The summed E-state index contributed by atoms with van der Waals surface area (Å²) in [6, 6.07) is 38.0. The summed E-state index contributed by atoms with van der Waals surface area (Å²) in [6.07, 6.45) is -3.23. The number of aliphatic imine (C=N–C) groups is 1. The average molecular weight is 1010 g/mol. The summed E-state index contributed by atoms with van der Waals surface area (Å²) in [5, 5.41) is 25.5.